The Balaban J connectivity index is 1.65. The van der Waals surface area contributed by atoms with Crippen LogP contribution >= 0.6 is 0 Å². The summed E-state index contributed by atoms with van der Waals surface area (Å²) in [5, 5.41) is 0. The minimum Gasteiger partial charge on any atom is -0.0620 e. The first-order valence-electron chi connectivity index (χ1n) is 8.77. The van der Waals surface area contributed by atoms with Gasteiger partial charge in [0, 0.05) is 0 Å². The summed E-state index contributed by atoms with van der Waals surface area (Å²) in [6.07, 6.45) is 15.4. The molecule has 0 heteroatoms. The van der Waals surface area contributed by atoms with E-state index >= 15 is 0 Å². The summed E-state index contributed by atoms with van der Waals surface area (Å²) in [6, 6.07) is 0. The van der Waals surface area contributed by atoms with Crippen molar-refractivity contribution in [2.24, 2.45) is 35.5 Å². The van der Waals surface area contributed by atoms with E-state index in [0.717, 1.165) is 35.5 Å². The third kappa shape index (κ3) is 2.37. The lowest BCUT2D eigenvalue weighted by molar-refractivity contribution is 0.0255. The van der Waals surface area contributed by atoms with Gasteiger partial charge in [-0.15, -0.1) is 0 Å². The molecule has 0 spiro atoms. The Kier molecular flexibility index (Phi) is 4.01. The Morgan fingerprint density at radius 1 is 0.778 bits per heavy atom. The average molecular weight is 248 g/mol. The summed E-state index contributed by atoms with van der Waals surface area (Å²) in [5.41, 5.74) is 0. The highest BCUT2D eigenvalue weighted by Crippen LogP contribution is 2.50. The first kappa shape index (κ1) is 13.0. The van der Waals surface area contributed by atoms with Gasteiger partial charge in [0.05, 0.1) is 0 Å². The van der Waals surface area contributed by atoms with Crippen LogP contribution in [0.5, 0.6) is 0 Å². The highest BCUT2D eigenvalue weighted by Gasteiger charge is 2.41. The molecule has 0 heterocycles. The van der Waals surface area contributed by atoms with Crippen molar-refractivity contribution in [3.8, 4) is 0 Å². The second-order valence-corrected chi connectivity index (χ2v) is 7.71. The quantitative estimate of drug-likeness (QED) is 0.591. The maximum Gasteiger partial charge on any atom is -0.0357 e. The number of rotatable bonds is 2. The van der Waals surface area contributed by atoms with E-state index in [2.05, 4.69) is 13.8 Å². The van der Waals surface area contributed by atoms with Crippen LogP contribution < -0.4 is 0 Å². The first-order chi connectivity index (χ1) is 8.77. The maximum atomic E-state index is 2.61. The number of hydrogen-bond donors (Lipinski definition) is 0. The summed E-state index contributed by atoms with van der Waals surface area (Å²) < 4.78 is 0. The summed E-state index contributed by atoms with van der Waals surface area (Å²) in [7, 11) is 0. The normalized spacial score (nSPS) is 43.7. The molecule has 0 bridgehead atoms. The maximum absolute atomic E-state index is 2.61. The van der Waals surface area contributed by atoms with Crippen LogP contribution in [0.15, 0.2) is 0 Å². The summed E-state index contributed by atoms with van der Waals surface area (Å²) in [5.74, 6) is 6.40. The Labute approximate surface area is 114 Å². The zero-order chi connectivity index (χ0) is 12.5. The van der Waals surface area contributed by atoms with Crippen LogP contribution in [0.2, 0.25) is 0 Å². The van der Waals surface area contributed by atoms with Crippen LogP contribution in [0.1, 0.15) is 78.1 Å². The molecule has 0 N–H and O–H groups in total. The van der Waals surface area contributed by atoms with E-state index in [9.17, 15) is 0 Å². The highest BCUT2D eigenvalue weighted by molar-refractivity contribution is 4.91. The van der Waals surface area contributed by atoms with Crippen LogP contribution in [-0.2, 0) is 0 Å². The van der Waals surface area contributed by atoms with Gasteiger partial charge in [-0.25, -0.2) is 0 Å². The fraction of sp³-hybridized carbons (Fsp3) is 1.00. The van der Waals surface area contributed by atoms with Crippen molar-refractivity contribution in [3.63, 3.8) is 0 Å². The van der Waals surface area contributed by atoms with Gasteiger partial charge in [0.2, 0.25) is 0 Å². The highest BCUT2D eigenvalue weighted by atomic mass is 14.5. The smallest absolute Gasteiger partial charge is 0.0357 e. The van der Waals surface area contributed by atoms with Crippen molar-refractivity contribution in [1.82, 2.24) is 0 Å². The zero-order valence-electron chi connectivity index (χ0n) is 12.5. The monoisotopic (exact) mass is 248 g/mol. The predicted molar refractivity (Wildman–Crippen MR) is 78.5 cm³/mol. The number of fused-ring (bicyclic) bond motifs is 1. The lowest BCUT2D eigenvalue weighted by atomic mass is 9.58. The van der Waals surface area contributed by atoms with Crippen molar-refractivity contribution in [3.05, 3.63) is 0 Å². The molecule has 0 aromatic rings. The second kappa shape index (κ2) is 5.55. The molecule has 3 aliphatic carbocycles. The van der Waals surface area contributed by atoms with Gasteiger partial charge >= 0.3 is 0 Å². The van der Waals surface area contributed by atoms with Crippen LogP contribution in [0.3, 0.4) is 0 Å². The van der Waals surface area contributed by atoms with Gasteiger partial charge in [0.25, 0.3) is 0 Å². The standard InChI is InChI=1S/C18H32/c1-13(15-7-3-4-8-15)17-12-11-16-9-5-6-10-18(16)14(17)2/h13-18H,3-12H2,1-2H3. The largest absolute Gasteiger partial charge is 0.0620 e. The third-order valence-corrected chi connectivity index (χ3v) is 7.01. The van der Waals surface area contributed by atoms with Gasteiger partial charge in [0.15, 0.2) is 0 Å². The summed E-state index contributed by atoms with van der Waals surface area (Å²) >= 11 is 0. The molecule has 0 amide bonds. The van der Waals surface area contributed by atoms with Crippen LogP contribution in [0, 0.1) is 35.5 Å². The fourth-order valence-electron chi connectivity index (χ4n) is 5.85. The van der Waals surface area contributed by atoms with Gasteiger partial charge in [-0.3, -0.25) is 0 Å². The molecule has 18 heavy (non-hydrogen) atoms. The lowest BCUT2D eigenvalue weighted by Gasteiger charge is -2.47. The first-order valence-corrected chi connectivity index (χ1v) is 8.77. The molecule has 3 fully saturated rings. The van der Waals surface area contributed by atoms with Crippen molar-refractivity contribution < 1.29 is 0 Å². The van der Waals surface area contributed by atoms with E-state index in [1.54, 1.807) is 38.5 Å². The van der Waals surface area contributed by atoms with E-state index in [0.29, 0.717) is 0 Å². The molecular weight excluding hydrogens is 216 g/mol. The lowest BCUT2D eigenvalue weighted by Crippen LogP contribution is -2.39. The van der Waals surface area contributed by atoms with Crippen molar-refractivity contribution in [2.45, 2.75) is 78.1 Å². The van der Waals surface area contributed by atoms with Crippen molar-refractivity contribution >= 4 is 0 Å². The molecule has 3 saturated carbocycles. The second-order valence-electron chi connectivity index (χ2n) is 7.71. The third-order valence-electron chi connectivity index (χ3n) is 7.01. The van der Waals surface area contributed by atoms with Crippen molar-refractivity contribution in [1.29, 1.82) is 0 Å². The molecule has 3 rings (SSSR count). The topological polar surface area (TPSA) is 0 Å². The predicted octanol–water partition coefficient (Wildman–Crippen LogP) is 5.67. The van der Waals surface area contributed by atoms with E-state index in [1.165, 1.54) is 25.7 Å². The van der Waals surface area contributed by atoms with Crippen LogP contribution in [0.4, 0.5) is 0 Å². The summed E-state index contributed by atoms with van der Waals surface area (Å²) in [4.78, 5) is 0. The van der Waals surface area contributed by atoms with Crippen LogP contribution in [-0.4, -0.2) is 0 Å². The van der Waals surface area contributed by atoms with E-state index < -0.39 is 0 Å². The Hall–Kier alpha value is 0. The van der Waals surface area contributed by atoms with E-state index in [-0.39, 0.29) is 0 Å². The van der Waals surface area contributed by atoms with Gasteiger partial charge in [-0.05, 0) is 54.8 Å². The van der Waals surface area contributed by atoms with E-state index in [4.69, 9.17) is 0 Å². The zero-order valence-corrected chi connectivity index (χ0v) is 12.5. The van der Waals surface area contributed by atoms with Crippen molar-refractivity contribution in [2.75, 3.05) is 0 Å². The summed E-state index contributed by atoms with van der Waals surface area (Å²) in [6.45, 7) is 5.21. The SMILES string of the molecule is CC(C1CCCC1)C1CCC2CCCCC2C1C. The molecule has 0 nitrogen and oxygen atoms in total. The molecule has 0 aromatic heterocycles. The fourth-order valence-corrected chi connectivity index (χ4v) is 5.85. The van der Waals surface area contributed by atoms with Gasteiger partial charge in [-0.2, -0.15) is 0 Å². The van der Waals surface area contributed by atoms with E-state index in [1.807, 2.05) is 0 Å². The Bertz CT molecular complexity index is 263. The van der Waals surface area contributed by atoms with Gasteiger partial charge < -0.3 is 0 Å². The molecule has 0 aromatic carbocycles. The molecule has 0 radical (unpaired) electrons. The minimum absolute atomic E-state index is 1.02. The molecule has 3 aliphatic rings. The number of hydrogen-bond acceptors (Lipinski definition) is 0. The van der Waals surface area contributed by atoms with Gasteiger partial charge in [-0.1, -0.05) is 58.8 Å². The molecular formula is C18H32. The molecule has 104 valence electrons. The average Bonchev–Trinajstić information content (AvgIpc) is 2.93. The van der Waals surface area contributed by atoms with Crippen LogP contribution in [0.25, 0.3) is 0 Å². The Morgan fingerprint density at radius 3 is 2.22 bits per heavy atom. The molecule has 0 saturated heterocycles. The minimum atomic E-state index is 1.02. The van der Waals surface area contributed by atoms with Gasteiger partial charge in [0.1, 0.15) is 0 Å². The molecule has 0 aliphatic heterocycles. The molecule has 5 atom stereocenters. The Morgan fingerprint density at radius 2 is 1.44 bits per heavy atom. The molecule has 5 unspecified atom stereocenters.